The fourth-order valence-electron chi connectivity index (χ4n) is 2.37. The summed E-state index contributed by atoms with van der Waals surface area (Å²) in [7, 11) is 0. The Bertz CT molecular complexity index is 462. The third-order valence-electron chi connectivity index (χ3n) is 3.72. The summed E-state index contributed by atoms with van der Waals surface area (Å²) in [6, 6.07) is 3.93. The van der Waals surface area contributed by atoms with Crippen LogP contribution in [0.5, 0.6) is 0 Å². The molecule has 0 radical (unpaired) electrons. The molecular formula is C17H25F2NO. The monoisotopic (exact) mass is 297 g/mol. The van der Waals surface area contributed by atoms with Crippen LogP contribution in [0.4, 0.5) is 8.78 Å². The average molecular weight is 297 g/mol. The summed E-state index contributed by atoms with van der Waals surface area (Å²) in [4.78, 5) is 13.9. The molecule has 2 nitrogen and oxygen atoms in total. The lowest BCUT2D eigenvalue weighted by Crippen LogP contribution is -2.37. The molecule has 1 amide bonds. The lowest BCUT2D eigenvalue weighted by molar-refractivity contribution is -0.133. The normalized spacial score (nSPS) is 12.2. The van der Waals surface area contributed by atoms with Crippen LogP contribution in [-0.2, 0) is 11.3 Å². The van der Waals surface area contributed by atoms with Crippen LogP contribution >= 0.6 is 0 Å². The molecule has 1 aromatic carbocycles. The van der Waals surface area contributed by atoms with Crippen molar-refractivity contribution in [2.24, 2.45) is 0 Å². The van der Waals surface area contributed by atoms with E-state index in [0.29, 0.717) is 18.5 Å². The first kappa shape index (κ1) is 17.6. The highest BCUT2D eigenvalue weighted by atomic mass is 19.2. The topological polar surface area (TPSA) is 20.3 Å². The van der Waals surface area contributed by atoms with E-state index in [4.69, 9.17) is 0 Å². The lowest BCUT2D eigenvalue weighted by atomic mass is 10.1. The Morgan fingerprint density at radius 1 is 1.19 bits per heavy atom. The molecule has 0 saturated heterocycles. The highest BCUT2D eigenvalue weighted by Crippen LogP contribution is 2.17. The van der Waals surface area contributed by atoms with Gasteiger partial charge in [-0.1, -0.05) is 39.2 Å². The summed E-state index contributed by atoms with van der Waals surface area (Å²) in [6.45, 7) is 6.31. The second-order valence-corrected chi connectivity index (χ2v) is 5.47. The van der Waals surface area contributed by atoms with Crippen LogP contribution in [0.15, 0.2) is 18.2 Å². The molecule has 1 aromatic rings. The van der Waals surface area contributed by atoms with E-state index in [-0.39, 0.29) is 11.9 Å². The van der Waals surface area contributed by atoms with Gasteiger partial charge in [0, 0.05) is 19.0 Å². The number of nitrogens with zero attached hydrogens (tertiary/aromatic N) is 1. The zero-order valence-electron chi connectivity index (χ0n) is 13.2. The Labute approximate surface area is 126 Å². The summed E-state index contributed by atoms with van der Waals surface area (Å²) in [5, 5.41) is 0. The van der Waals surface area contributed by atoms with E-state index < -0.39 is 11.6 Å². The van der Waals surface area contributed by atoms with Crippen LogP contribution in [-0.4, -0.2) is 16.8 Å². The maximum atomic E-state index is 13.3. The van der Waals surface area contributed by atoms with Crippen molar-refractivity contribution in [2.75, 3.05) is 0 Å². The minimum Gasteiger partial charge on any atom is -0.336 e. The molecule has 1 unspecified atom stereocenters. The third kappa shape index (κ3) is 5.44. The number of carbonyl (C=O) groups is 1. The van der Waals surface area contributed by atoms with Gasteiger partial charge in [0.15, 0.2) is 11.6 Å². The van der Waals surface area contributed by atoms with Crippen LogP contribution in [0, 0.1) is 11.6 Å². The molecular weight excluding hydrogens is 272 g/mol. The van der Waals surface area contributed by atoms with Gasteiger partial charge in [-0.3, -0.25) is 4.79 Å². The molecule has 1 rings (SSSR count). The Morgan fingerprint density at radius 3 is 2.48 bits per heavy atom. The Hall–Kier alpha value is -1.45. The van der Waals surface area contributed by atoms with Gasteiger partial charge < -0.3 is 4.90 Å². The molecule has 0 N–H and O–H groups in total. The minimum atomic E-state index is -0.866. The van der Waals surface area contributed by atoms with Gasteiger partial charge in [-0.25, -0.2) is 8.78 Å². The van der Waals surface area contributed by atoms with Gasteiger partial charge in [0.2, 0.25) is 5.91 Å². The van der Waals surface area contributed by atoms with E-state index >= 15 is 0 Å². The van der Waals surface area contributed by atoms with Crippen LogP contribution in [0.1, 0.15) is 58.4 Å². The molecule has 4 heteroatoms. The van der Waals surface area contributed by atoms with Crippen molar-refractivity contribution in [3.63, 3.8) is 0 Å². The van der Waals surface area contributed by atoms with Crippen molar-refractivity contribution >= 4 is 5.91 Å². The number of carbonyl (C=O) groups excluding carboxylic acids is 1. The zero-order valence-corrected chi connectivity index (χ0v) is 13.2. The van der Waals surface area contributed by atoms with Crippen molar-refractivity contribution in [3.8, 4) is 0 Å². The van der Waals surface area contributed by atoms with Gasteiger partial charge in [-0.15, -0.1) is 0 Å². The number of halogens is 2. The van der Waals surface area contributed by atoms with Crippen molar-refractivity contribution in [1.29, 1.82) is 0 Å². The van der Waals surface area contributed by atoms with E-state index in [9.17, 15) is 13.6 Å². The summed E-state index contributed by atoms with van der Waals surface area (Å²) in [6.07, 6.45) is 4.70. The molecule has 1 atom stereocenters. The molecule has 21 heavy (non-hydrogen) atoms. The van der Waals surface area contributed by atoms with E-state index in [1.165, 1.54) is 12.1 Å². The predicted octanol–water partition coefficient (Wildman–Crippen LogP) is 4.67. The summed E-state index contributed by atoms with van der Waals surface area (Å²) < 4.78 is 26.3. The average Bonchev–Trinajstić information content (AvgIpc) is 2.47. The second kappa shape index (κ2) is 8.75. The van der Waals surface area contributed by atoms with Crippen LogP contribution in [0.25, 0.3) is 0 Å². The highest BCUT2D eigenvalue weighted by molar-refractivity contribution is 5.76. The standard InChI is InChI=1S/C17H25F2NO/c1-4-6-7-8-13(3)20(17(21)5-2)12-14-9-10-15(18)16(19)11-14/h9-11,13H,4-8,12H2,1-3H3. The van der Waals surface area contributed by atoms with Crippen molar-refractivity contribution in [1.82, 2.24) is 4.90 Å². The minimum absolute atomic E-state index is 0.0451. The number of hydrogen-bond donors (Lipinski definition) is 0. The van der Waals surface area contributed by atoms with E-state index in [2.05, 4.69) is 6.92 Å². The third-order valence-corrected chi connectivity index (χ3v) is 3.72. The number of hydrogen-bond acceptors (Lipinski definition) is 1. The van der Waals surface area contributed by atoms with Crippen LogP contribution < -0.4 is 0 Å². The first-order valence-electron chi connectivity index (χ1n) is 7.73. The fourth-order valence-corrected chi connectivity index (χ4v) is 2.37. The summed E-state index contributed by atoms with van der Waals surface area (Å²) in [5.74, 6) is -1.68. The predicted molar refractivity (Wildman–Crippen MR) is 80.8 cm³/mol. The quantitative estimate of drug-likeness (QED) is 0.638. The van der Waals surface area contributed by atoms with E-state index in [1.807, 2.05) is 13.8 Å². The van der Waals surface area contributed by atoms with Crippen molar-refractivity contribution in [2.45, 2.75) is 65.5 Å². The largest absolute Gasteiger partial charge is 0.336 e. The van der Waals surface area contributed by atoms with Crippen molar-refractivity contribution in [3.05, 3.63) is 35.4 Å². The van der Waals surface area contributed by atoms with Crippen LogP contribution in [0.3, 0.4) is 0 Å². The Kier molecular flexibility index (Phi) is 7.34. The molecule has 0 saturated carbocycles. The number of unbranched alkanes of at least 4 members (excludes halogenated alkanes) is 2. The maximum absolute atomic E-state index is 13.3. The van der Waals surface area contributed by atoms with Gasteiger partial charge in [0.1, 0.15) is 0 Å². The highest BCUT2D eigenvalue weighted by Gasteiger charge is 2.19. The molecule has 0 aliphatic heterocycles. The summed E-state index contributed by atoms with van der Waals surface area (Å²) in [5.41, 5.74) is 0.623. The van der Waals surface area contributed by atoms with Crippen LogP contribution in [0.2, 0.25) is 0 Å². The SMILES string of the molecule is CCCCCC(C)N(Cc1ccc(F)c(F)c1)C(=O)CC. The molecule has 0 heterocycles. The Balaban J connectivity index is 2.77. The summed E-state index contributed by atoms with van der Waals surface area (Å²) >= 11 is 0. The number of rotatable bonds is 8. The maximum Gasteiger partial charge on any atom is 0.222 e. The lowest BCUT2D eigenvalue weighted by Gasteiger charge is -2.29. The number of amides is 1. The molecule has 0 fully saturated rings. The van der Waals surface area contributed by atoms with E-state index in [1.54, 1.807) is 4.90 Å². The van der Waals surface area contributed by atoms with Gasteiger partial charge in [0.05, 0.1) is 0 Å². The smallest absolute Gasteiger partial charge is 0.222 e. The zero-order chi connectivity index (χ0) is 15.8. The molecule has 0 spiro atoms. The van der Waals surface area contributed by atoms with Gasteiger partial charge in [0.25, 0.3) is 0 Å². The molecule has 0 bridgehead atoms. The molecule has 0 aliphatic rings. The second-order valence-electron chi connectivity index (χ2n) is 5.47. The van der Waals surface area contributed by atoms with Gasteiger partial charge in [-0.05, 0) is 31.0 Å². The fraction of sp³-hybridized carbons (Fsp3) is 0.588. The van der Waals surface area contributed by atoms with E-state index in [0.717, 1.165) is 31.7 Å². The molecule has 118 valence electrons. The number of benzene rings is 1. The molecule has 0 aromatic heterocycles. The first-order valence-corrected chi connectivity index (χ1v) is 7.73. The van der Waals surface area contributed by atoms with Crippen molar-refractivity contribution < 1.29 is 13.6 Å². The van der Waals surface area contributed by atoms with Gasteiger partial charge >= 0.3 is 0 Å². The Morgan fingerprint density at radius 2 is 1.90 bits per heavy atom. The molecule has 0 aliphatic carbocycles. The first-order chi connectivity index (χ1) is 9.99. The van der Waals surface area contributed by atoms with Gasteiger partial charge in [-0.2, -0.15) is 0 Å².